The third kappa shape index (κ3) is 6.37. The number of hydrogen-bond donors (Lipinski definition) is 3. The van der Waals surface area contributed by atoms with Crippen LogP contribution in [-0.2, 0) is 24.1 Å². The molecule has 0 amide bonds. The van der Waals surface area contributed by atoms with Crippen LogP contribution in [-0.4, -0.2) is 28.9 Å². The number of aromatic nitrogens is 4. The molecule has 0 spiro atoms. The second-order valence-corrected chi connectivity index (χ2v) is 12.2. The zero-order valence-electron chi connectivity index (χ0n) is 18.4. The molecule has 0 aliphatic heterocycles. The van der Waals surface area contributed by atoms with Gasteiger partial charge in [0.1, 0.15) is 10.0 Å². The summed E-state index contributed by atoms with van der Waals surface area (Å²) < 4.78 is 22.5. The van der Waals surface area contributed by atoms with Gasteiger partial charge in [-0.1, -0.05) is 29.5 Å². The van der Waals surface area contributed by atoms with E-state index < -0.39 is 11.3 Å². The molecular weight excluding hydrogens is 541 g/mol. The first-order valence-corrected chi connectivity index (χ1v) is 15.0. The van der Waals surface area contributed by atoms with E-state index in [1.807, 2.05) is 30.5 Å². The predicted octanol–water partition coefficient (Wildman–Crippen LogP) is 6.02. The summed E-state index contributed by atoms with van der Waals surface area (Å²) in [7, 11) is 0. The molecule has 4 aromatic heterocycles. The highest BCUT2D eigenvalue weighted by atomic mass is 32.2. The standard InChI is InChI=1S/C22H20N6O2S5/c1-13-23-16(11-32-13)10-20-26-27-22(34-20)25-17(9-14-4-6-15(7-5-14)28-35(29)30)18-12-33-21(24-18)19-3-2-8-31-19/h2-8,11-12,17,28H,9-10H2,1H3,(H,25,27)(H,29,30)/t17-/m0/s1. The molecule has 3 N–H and O–H groups in total. The molecule has 0 aliphatic carbocycles. The third-order valence-electron chi connectivity index (χ3n) is 4.97. The number of nitrogens with one attached hydrogen (secondary N) is 2. The molecule has 0 saturated carbocycles. The summed E-state index contributed by atoms with van der Waals surface area (Å²) in [6.45, 7) is 2.00. The molecule has 5 aromatic rings. The van der Waals surface area contributed by atoms with Crippen molar-refractivity contribution in [2.75, 3.05) is 10.0 Å². The molecule has 0 radical (unpaired) electrons. The fourth-order valence-electron chi connectivity index (χ4n) is 3.41. The molecule has 0 saturated heterocycles. The monoisotopic (exact) mass is 560 g/mol. The minimum Gasteiger partial charge on any atom is -0.351 e. The van der Waals surface area contributed by atoms with Crippen LogP contribution in [0.1, 0.15) is 33.0 Å². The topological polar surface area (TPSA) is 113 Å². The van der Waals surface area contributed by atoms with Gasteiger partial charge in [-0.05, 0) is 42.5 Å². The van der Waals surface area contributed by atoms with Crippen LogP contribution in [0.4, 0.5) is 10.8 Å². The van der Waals surface area contributed by atoms with Gasteiger partial charge in [-0.3, -0.25) is 9.27 Å². The predicted molar refractivity (Wildman–Crippen MR) is 146 cm³/mol. The van der Waals surface area contributed by atoms with Crippen LogP contribution >= 0.6 is 45.3 Å². The summed E-state index contributed by atoms with van der Waals surface area (Å²) in [6.07, 6.45) is 1.32. The third-order valence-corrected chi connectivity index (χ3v) is 8.96. The van der Waals surface area contributed by atoms with Crippen molar-refractivity contribution in [1.82, 2.24) is 20.2 Å². The molecule has 2 atom stereocenters. The molecule has 5 rings (SSSR count). The molecular formula is C22H20N6O2S5. The van der Waals surface area contributed by atoms with Gasteiger partial charge < -0.3 is 5.32 Å². The average Bonchev–Trinajstić information content (AvgIpc) is 3.63. The Morgan fingerprint density at radius 3 is 2.63 bits per heavy atom. The van der Waals surface area contributed by atoms with Gasteiger partial charge in [0, 0.05) is 22.9 Å². The van der Waals surface area contributed by atoms with E-state index in [1.54, 1.807) is 46.1 Å². The lowest BCUT2D eigenvalue weighted by Crippen LogP contribution is -2.14. The van der Waals surface area contributed by atoms with Crippen LogP contribution in [0.3, 0.4) is 0 Å². The van der Waals surface area contributed by atoms with Gasteiger partial charge in [0.25, 0.3) is 11.3 Å². The Morgan fingerprint density at radius 1 is 1.06 bits per heavy atom. The first-order chi connectivity index (χ1) is 17.0. The molecule has 35 heavy (non-hydrogen) atoms. The Labute approximate surface area is 220 Å². The molecule has 1 aromatic carbocycles. The zero-order chi connectivity index (χ0) is 24.2. The smallest absolute Gasteiger partial charge is 0.259 e. The Morgan fingerprint density at radius 2 is 1.91 bits per heavy atom. The van der Waals surface area contributed by atoms with E-state index in [2.05, 4.69) is 42.0 Å². The first-order valence-electron chi connectivity index (χ1n) is 10.5. The number of thiazole rings is 2. The Kier molecular flexibility index (Phi) is 7.60. The van der Waals surface area contributed by atoms with Gasteiger partial charge >= 0.3 is 0 Å². The Hall–Kier alpha value is -2.55. The van der Waals surface area contributed by atoms with Crippen LogP contribution in [0.25, 0.3) is 9.88 Å². The van der Waals surface area contributed by atoms with E-state index in [9.17, 15) is 4.21 Å². The van der Waals surface area contributed by atoms with Gasteiger partial charge in [-0.2, -0.15) is 0 Å². The molecule has 1 unspecified atom stereocenters. The number of hydrogen-bond acceptors (Lipinski definition) is 10. The number of anilines is 2. The minimum atomic E-state index is -2.10. The van der Waals surface area contributed by atoms with Crippen molar-refractivity contribution in [3.05, 3.63) is 79.5 Å². The van der Waals surface area contributed by atoms with Crippen molar-refractivity contribution in [3.8, 4) is 9.88 Å². The van der Waals surface area contributed by atoms with E-state index in [-0.39, 0.29) is 6.04 Å². The van der Waals surface area contributed by atoms with Gasteiger partial charge in [-0.25, -0.2) is 14.2 Å². The fraction of sp³-hybridized carbons (Fsp3) is 0.182. The van der Waals surface area contributed by atoms with E-state index in [0.717, 1.165) is 42.0 Å². The highest BCUT2D eigenvalue weighted by molar-refractivity contribution is 7.80. The van der Waals surface area contributed by atoms with Crippen molar-refractivity contribution in [2.24, 2.45) is 0 Å². The van der Waals surface area contributed by atoms with Crippen molar-refractivity contribution in [1.29, 1.82) is 0 Å². The molecule has 0 fully saturated rings. The normalized spacial score (nSPS) is 13.0. The lowest BCUT2D eigenvalue weighted by Gasteiger charge is -2.16. The van der Waals surface area contributed by atoms with Crippen LogP contribution in [0, 0.1) is 6.92 Å². The van der Waals surface area contributed by atoms with Gasteiger partial charge in [-0.15, -0.1) is 44.2 Å². The summed E-state index contributed by atoms with van der Waals surface area (Å²) in [6, 6.07) is 11.4. The average molecular weight is 561 g/mol. The summed E-state index contributed by atoms with van der Waals surface area (Å²) in [5.74, 6) is 0. The second-order valence-electron chi connectivity index (χ2n) is 7.54. The van der Waals surface area contributed by atoms with Crippen molar-refractivity contribution >= 4 is 67.4 Å². The summed E-state index contributed by atoms with van der Waals surface area (Å²) >= 11 is 4.35. The quantitative estimate of drug-likeness (QED) is 0.179. The van der Waals surface area contributed by atoms with Gasteiger partial charge in [0.05, 0.1) is 27.3 Å². The summed E-state index contributed by atoms with van der Waals surface area (Å²) in [5, 5.41) is 22.1. The minimum absolute atomic E-state index is 0.118. The number of thiophene rings is 1. The number of aryl methyl sites for hydroxylation is 1. The van der Waals surface area contributed by atoms with Crippen LogP contribution in [0.15, 0.2) is 52.5 Å². The highest BCUT2D eigenvalue weighted by Gasteiger charge is 2.19. The summed E-state index contributed by atoms with van der Waals surface area (Å²) in [5.41, 5.74) is 3.58. The largest absolute Gasteiger partial charge is 0.351 e. The van der Waals surface area contributed by atoms with E-state index >= 15 is 0 Å². The van der Waals surface area contributed by atoms with Crippen LogP contribution < -0.4 is 10.0 Å². The molecule has 180 valence electrons. The zero-order valence-corrected chi connectivity index (χ0v) is 22.5. The number of benzene rings is 1. The van der Waals surface area contributed by atoms with Crippen molar-refractivity contribution < 1.29 is 8.76 Å². The van der Waals surface area contributed by atoms with Crippen LogP contribution in [0.2, 0.25) is 0 Å². The molecule has 4 heterocycles. The van der Waals surface area contributed by atoms with E-state index in [4.69, 9.17) is 9.54 Å². The first kappa shape index (κ1) is 24.2. The van der Waals surface area contributed by atoms with Crippen LogP contribution in [0.5, 0.6) is 0 Å². The molecule has 8 nitrogen and oxygen atoms in total. The van der Waals surface area contributed by atoms with E-state index in [1.165, 1.54) is 11.3 Å². The molecule has 0 bridgehead atoms. The maximum atomic E-state index is 11.0. The highest BCUT2D eigenvalue weighted by Crippen LogP contribution is 2.33. The maximum Gasteiger partial charge on any atom is 0.259 e. The number of nitrogens with zero attached hydrogens (tertiary/aromatic N) is 4. The van der Waals surface area contributed by atoms with Crippen molar-refractivity contribution in [3.63, 3.8) is 0 Å². The second kappa shape index (κ2) is 11.0. The lowest BCUT2D eigenvalue weighted by atomic mass is 10.0. The SMILES string of the molecule is Cc1nc(Cc2nnc(N[C@@H](Cc3ccc(NS(=O)O)cc3)c3csc(-c4cccs4)n3)s2)cs1. The summed E-state index contributed by atoms with van der Waals surface area (Å²) in [4.78, 5) is 10.6. The Bertz CT molecular complexity index is 1410. The lowest BCUT2D eigenvalue weighted by molar-refractivity contribution is 0.570. The molecule has 0 aliphatic rings. The van der Waals surface area contributed by atoms with Crippen molar-refractivity contribution in [2.45, 2.75) is 25.8 Å². The number of rotatable bonds is 10. The molecule has 13 heteroatoms. The van der Waals surface area contributed by atoms with E-state index in [0.29, 0.717) is 18.5 Å². The van der Waals surface area contributed by atoms with Gasteiger partial charge in [0.15, 0.2) is 0 Å². The van der Waals surface area contributed by atoms with Gasteiger partial charge in [0.2, 0.25) is 5.13 Å². The maximum absolute atomic E-state index is 11.0. The Balaban J connectivity index is 1.36. The fourth-order valence-corrected chi connectivity index (χ4v) is 6.86.